The Balaban J connectivity index is 1.52. The summed E-state index contributed by atoms with van der Waals surface area (Å²) < 4.78 is 11.8. The summed E-state index contributed by atoms with van der Waals surface area (Å²) in [5.41, 5.74) is 0. The molecule has 2 atom stereocenters. The summed E-state index contributed by atoms with van der Waals surface area (Å²) in [4.78, 5) is 4.43. The van der Waals surface area contributed by atoms with Gasteiger partial charge >= 0.3 is 0 Å². The van der Waals surface area contributed by atoms with Gasteiger partial charge in [-0.25, -0.2) is 0 Å². The molecule has 0 saturated carbocycles. The lowest BCUT2D eigenvalue weighted by Crippen LogP contribution is -2.18. The first-order valence-corrected chi connectivity index (χ1v) is 9.50. The Bertz CT molecular complexity index is 624. The van der Waals surface area contributed by atoms with E-state index >= 15 is 0 Å². The van der Waals surface area contributed by atoms with E-state index in [0.29, 0.717) is 12.0 Å². The highest BCUT2D eigenvalue weighted by molar-refractivity contribution is 8.01. The summed E-state index contributed by atoms with van der Waals surface area (Å²) in [5, 5.41) is 16.5. The molecule has 0 aromatic carbocycles. The maximum atomic E-state index is 5.59. The molecule has 9 heteroatoms. The van der Waals surface area contributed by atoms with E-state index in [1.165, 1.54) is 11.3 Å². The third-order valence-corrected chi connectivity index (χ3v) is 5.56. The number of hydrogen-bond donors (Lipinski definition) is 1. The minimum Gasteiger partial charge on any atom is -0.376 e. The number of nitrogens with zero attached hydrogens (tertiary/aromatic N) is 4. The van der Waals surface area contributed by atoms with Crippen LogP contribution < -0.4 is 5.32 Å². The molecule has 0 amide bonds. The Morgan fingerprint density at radius 3 is 2.91 bits per heavy atom. The minimum atomic E-state index is 0.0500. The molecule has 1 aliphatic rings. The van der Waals surface area contributed by atoms with E-state index in [2.05, 4.69) is 25.7 Å². The second-order valence-electron chi connectivity index (χ2n) is 5.79. The zero-order valence-corrected chi connectivity index (χ0v) is 15.1. The fourth-order valence-corrected chi connectivity index (χ4v) is 4.12. The standard InChI is InChI=1S/C14H21N5O2S2/c1-8(2)11-16-12(21-19-11)9(3)22-14-18-17-13(23-14)15-7-10-5-4-6-20-10/h8-10H,4-7H2,1-3H3,(H,15,17). The van der Waals surface area contributed by atoms with Gasteiger partial charge in [0, 0.05) is 19.1 Å². The molecule has 3 rings (SSSR count). The van der Waals surface area contributed by atoms with Crippen LogP contribution in [0.3, 0.4) is 0 Å². The highest BCUT2D eigenvalue weighted by Crippen LogP contribution is 2.37. The molecule has 126 valence electrons. The Labute approximate surface area is 143 Å². The van der Waals surface area contributed by atoms with E-state index in [0.717, 1.165) is 41.3 Å². The van der Waals surface area contributed by atoms with Gasteiger partial charge in [-0.1, -0.05) is 42.1 Å². The van der Waals surface area contributed by atoms with Crippen molar-refractivity contribution in [2.24, 2.45) is 0 Å². The molecule has 0 bridgehead atoms. The minimum absolute atomic E-state index is 0.0500. The number of hydrogen-bond acceptors (Lipinski definition) is 9. The molecule has 0 radical (unpaired) electrons. The van der Waals surface area contributed by atoms with Crippen LogP contribution in [0.4, 0.5) is 5.13 Å². The number of rotatable bonds is 7. The van der Waals surface area contributed by atoms with Crippen LogP contribution in [0.1, 0.15) is 56.5 Å². The van der Waals surface area contributed by atoms with E-state index in [4.69, 9.17) is 9.26 Å². The number of thioether (sulfide) groups is 1. The van der Waals surface area contributed by atoms with Gasteiger partial charge in [-0.15, -0.1) is 10.2 Å². The van der Waals surface area contributed by atoms with Gasteiger partial charge in [0.25, 0.3) is 0 Å². The summed E-state index contributed by atoms with van der Waals surface area (Å²) in [6.45, 7) is 7.77. The van der Waals surface area contributed by atoms with Crippen molar-refractivity contribution >= 4 is 28.2 Å². The van der Waals surface area contributed by atoms with Crippen LogP contribution in [0.2, 0.25) is 0 Å². The van der Waals surface area contributed by atoms with E-state index in [-0.39, 0.29) is 11.2 Å². The van der Waals surface area contributed by atoms with E-state index in [1.54, 1.807) is 11.8 Å². The second-order valence-corrected chi connectivity index (χ2v) is 8.36. The zero-order valence-electron chi connectivity index (χ0n) is 13.5. The largest absolute Gasteiger partial charge is 0.376 e. The van der Waals surface area contributed by atoms with Crippen LogP contribution in [0.15, 0.2) is 8.86 Å². The van der Waals surface area contributed by atoms with Crippen molar-refractivity contribution in [2.75, 3.05) is 18.5 Å². The molecular weight excluding hydrogens is 334 g/mol. The van der Waals surface area contributed by atoms with Gasteiger partial charge in [0.05, 0.1) is 11.4 Å². The number of ether oxygens (including phenoxy) is 1. The number of aromatic nitrogens is 4. The van der Waals surface area contributed by atoms with Crippen LogP contribution in [0.25, 0.3) is 0 Å². The highest BCUT2D eigenvalue weighted by atomic mass is 32.2. The lowest BCUT2D eigenvalue weighted by molar-refractivity contribution is 0.120. The third kappa shape index (κ3) is 4.42. The molecule has 1 N–H and O–H groups in total. The monoisotopic (exact) mass is 355 g/mol. The topological polar surface area (TPSA) is 86.0 Å². The number of nitrogens with one attached hydrogen (secondary N) is 1. The van der Waals surface area contributed by atoms with Crippen LogP contribution >= 0.6 is 23.1 Å². The lowest BCUT2D eigenvalue weighted by Gasteiger charge is -2.08. The van der Waals surface area contributed by atoms with Gasteiger partial charge in [-0.2, -0.15) is 4.98 Å². The molecule has 2 aromatic rings. The number of anilines is 1. The lowest BCUT2D eigenvalue weighted by atomic mass is 10.2. The Kier molecular flexibility index (Phi) is 5.50. The van der Waals surface area contributed by atoms with Gasteiger partial charge in [-0.3, -0.25) is 0 Å². The fourth-order valence-electron chi connectivity index (χ4n) is 2.18. The Hall–Kier alpha value is -1.19. The van der Waals surface area contributed by atoms with E-state index in [9.17, 15) is 0 Å². The third-order valence-electron chi connectivity index (χ3n) is 3.51. The first kappa shape index (κ1) is 16.7. The van der Waals surface area contributed by atoms with Crippen LogP contribution in [0.5, 0.6) is 0 Å². The molecule has 1 saturated heterocycles. The van der Waals surface area contributed by atoms with E-state index in [1.807, 2.05) is 20.8 Å². The summed E-state index contributed by atoms with van der Waals surface area (Å²) in [6.07, 6.45) is 2.55. The van der Waals surface area contributed by atoms with Gasteiger partial charge in [0.1, 0.15) is 0 Å². The van der Waals surface area contributed by atoms with Gasteiger partial charge in [0.2, 0.25) is 11.0 Å². The Morgan fingerprint density at radius 2 is 2.22 bits per heavy atom. The summed E-state index contributed by atoms with van der Waals surface area (Å²) >= 11 is 3.11. The molecular formula is C14H21N5O2S2. The normalized spacial score (nSPS) is 19.4. The first-order valence-electron chi connectivity index (χ1n) is 7.81. The van der Waals surface area contributed by atoms with E-state index < -0.39 is 0 Å². The maximum absolute atomic E-state index is 5.59. The molecule has 23 heavy (non-hydrogen) atoms. The molecule has 1 aliphatic heterocycles. The highest BCUT2D eigenvalue weighted by Gasteiger charge is 2.20. The maximum Gasteiger partial charge on any atom is 0.239 e. The molecule has 3 heterocycles. The van der Waals surface area contributed by atoms with Crippen molar-refractivity contribution in [2.45, 2.75) is 55.2 Å². The zero-order chi connectivity index (χ0) is 16.2. The van der Waals surface area contributed by atoms with Gasteiger partial charge < -0.3 is 14.6 Å². The van der Waals surface area contributed by atoms with Crippen molar-refractivity contribution < 1.29 is 9.26 Å². The average Bonchev–Trinajstić information content (AvgIpc) is 3.26. The SMILES string of the molecule is CC(C)c1noc(C(C)Sc2nnc(NCC3CCCO3)s2)n1. The Morgan fingerprint density at radius 1 is 1.35 bits per heavy atom. The first-order chi connectivity index (χ1) is 11.1. The van der Waals surface area contributed by atoms with Crippen LogP contribution in [-0.2, 0) is 4.74 Å². The molecule has 7 nitrogen and oxygen atoms in total. The summed E-state index contributed by atoms with van der Waals surface area (Å²) in [5.74, 6) is 1.63. The predicted octanol–water partition coefficient (Wildman–Crippen LogP) is 3.49. The van der Waals surface area contributed by atoms with Crippen LogP contribution in [-0.4, -0.2) is 39.6 Å². The smallest absolute Gasteiger partial charge is 0.239 e. The second kappa shape index (κ2) is 7.59. The van der Waals surface area contributed by atoms with Crippen molar-refractivity contribution in [1.82, 2.24) is 20.3 Å². The van der Waals surface area contributed by atoms with Gasteiger partial charge in [0.15, 0.2) is 10.2 Å². The molecule has 0 aliphatic carbocycles. The molecule has 0 spiro atoms. The predicted molar refractivity (Wildman–Crippen MR) is 90.0 cm³/mol. The molecule has 2 unspecified atom stereocenters. The van der Waals surface area contributed by atoms with Crippen molar-refractivity contribution in [3.63, 3.8) is 0 Å². The average molecular weight is 355 g/mol. The van der Waals surface area contributed by atoms with Crippen molar-refractivity contribution in [1.29, 1.82) is 0 Å². The fraction of sp³-hybridized carbons (Fsp3) is 0.714. The van der Waals surface area contributed by atoms with Crippen molar-refractivity contribution in [3.05, 3.63) is 11.7 Å². The van der Waals surface area contributed by atoms with Crippen LogP contribution in [0, 0.1) is 0 Å². The summed E-state index contributed by atoms with van der Waals surface area (Å²) in [7, 11) is 0. The quantitative estimate of drug-likeness (QED) is 0.755. The molecule has 1 fully saturated rings. The van der Waals surface area contributed by atoms with Crippen molar-refractivity contribution in [3.8, 4) is 0 Å². The molecule has 2 aromatic heterocycles. The summed E-state index contributed by atoms with van der Waals surface area (Å²) in [6, 6.07) is 0. The van der Waals surface area contributed by atoms with Gasteiger partial charge in [-0.05, 0) is 19.8 Å².